The van der Waals surface area contributed by atoms with Crippen LogP contribution in [0.5, 0.6) is 0 Å². The van der Waals surface area contributed by atoms with Crippen LogP contribution in [0.4, 0.5) is 5.82 Å². The summed E-state index contributed by atoms with van der Waals surface area (Å²) < 4.78 is 5.70. The van der Waals surface area contributed by atoms with Crippen molar-refractivity contribution in [3.05, 3.63) is 23.9 Å². The number of rotatable bonds is 2. The van der Waals surface area contributed by atoms with Crippen molar-refractivity contribution in [2.45, 2.75) is 45.3 Å². The molecule has 1 fully saturated rings. The van der Waals surface area contributed by atoms with Gasteiger partial charge in [0.2, 0.25) is 0 Å². The predicted molar refractivity (Wildman–Crippen MR) is 65.6 cm³/mol. The molecule has 1 unspecified atom stereocenters. The van der Waals surface area contributed by atoms with Crippen LogP contribution in [0.2, 0.25) is 0 Å². The molecule has 1 atom stereocenters. The highest BCUT2D eigenvalue weighted by atomic mass is 16.5. The number of nitrogens with zero attached hydrogens (tertiary/aromatic N) is 1. The number of hydrogen-bond donors (Lipinski definition) is 1. The lowest BCUT2D eigenvalue weighted by Gasteiger charge is -2.36. The van der Waals surface area contributed by atoms with E-state index >= 15 is 0 Å². The molecule has 1 saturated heterocycles. The van der Waals surface area contributed by atoms with Crippen LogP contribution in [0, 0.1) is 6.92 Å². The van der Waals surface area contributed by atoms with Gasteiger partial charge in [0.1, 0.15) is 5.82 Å². The first-order valence-corrected chi connectivity index (χ1v) is 5.89. The fourth-order valence-corrected chi connectivity index (χ4v) is 2.19. The van der Waals surface area contributed by atoms with Gasteiger partial charge in [-0.15, -0.1) is 0 Å². The Morgan fingerprint density at radius 2 is 2.31 bits per heavy atom. The SMILES string of the molecule is Cc1cccnc1NC1CCOC(C)(C)C1. The van der Waals surface area contributed by atoms with E-state index in [9.17, 15) is 0 Å². The largest absolute Gasteiger partial charge is 0.375 e. The second-order valence-electron chi connectivity index (χ2n) is 5.11. The molecule has 2 heterocycles. The zero-order valence-corrected chi connectivity index (χ0v) is 10.3. The Bertz CT molecular complexity index is 363. The smallest absolute Gasteiger partial charge is 0.129 e. The van der Waals surface area contributed by atoms with Crippen molar-refractivity contribution in [2.24, 2.45) is 0 Å². The normalized spacial score (nSPS) is 24.1. The maximum absolute atomic E-state index is 5.70. The standard InChI is InChI=1S/C13H20N2O/c1-10-5-4-7-14-12(10)15-11-6-8-16-13(2,3)9-11/h4-5,7,11H,6,8-9H2,1-3H3,(H,14,15). The minimum absolute atomic E-state index is 0.0153. The summed E-state index contributed by atoms with van der Waals surface area (Å²) in [4.78, 5) is 4.37. The van der Waals surface area contributed by atoms with Crippen molar-refractivity contribution >= 4 is 5.82 Å². The maximum atomic E-state index is 5.70. The molecule has 1 aliphatic heterocycles. The lowest BCUT2D eigenvalue weighted by molar-refractivity contribution is -0.0553. The second-order valence-corrected chi connectivity index (χ2v) is 5.11. The number of aryl methyl sites for hydroxylation is 1. The van der Waals surface area contributed by atoms with E-state index in [2.05, 4.69) is 37.1 Å². The molecule has 3 heteroatoms. The van der Waals surface area contributed by atoms with E-state index in [1.165, 1.54) is 5.56 Å². The van der Waals surface area contributed by atoms with Gasteiger partial charge in [-0.1, -0.05) is 6.07 Å². The molecule has 16 heavy (non-hydrogen) atoms. The van der Waals surface area contributed by atoms with Crippen molar-refractivity contribution in [3.8, 4) is 0 Å². The molecule has 0 amide bonds. The van der Waals surface area contributed by atoms with E-state index < -0.39 is 0 Å². The fraction of sp³-hybridized carbons (Fsp3) is 0.615. The minimum atomic E-state index is -0.0153. The first-order chi connectivity index (χ1) is 7.57. The van der Waals surface area contributed by atoms with Gasteiger partial charge in [-0.2, -0.15) is 0 Å². The summed E-state index contributed by atoms with van der Waals surface area (Å²) >= 11 is 0. The number of nitrogens with one attached hydrogen (secondary N) is 1. The molecule has 0 radical (unpaired) electrons. The molecule has 2 rings (SSSR count). The van der Waals surface area contributed by atoms with Gasteiger partial charge in [-0.05, 0) is 45.2 Å². The van der Waals surface area contributed by atoms with E-state index in [4.69, 9.17) is 4.74 Å². The number of pyridine rings is 1. The van der Waals surface area contributed by atoms with Crippen LogP contribution in [0.3, 0.4) is 0 Å². The lowest BCUT2D eigenvalue weighted by Crippen LogP contribution is -2.40. The number of hydrogen-bond acceptors (Lipinski definition) is 3. The lowest BCUT2D eigenvalue weighted by atomic mass is 9.94. The van der Waals surface area contributed by atoms with Crippen molar-refractivity contribution in [2.75, 3.05) is 11.9 Å². The zero-order valence-electron chi connectivity index (χ0n) is 10.3. The summed E-state index contributed by atoms with van der Waals surface area (Å²) in [5, 5.41) is 3.51. The van der Waals surface area contributed by atoms with Gasteiger partial charge in [0.15, 0.2) is 0 Å². The summed E-state index contributed by atoms with van der Waals surface area (Å²) in [6.45, 7) is 7.20. The molecule has 3 nitrogen and oxygen atoms in total. The first kappa shape index (κ1) is 11.4. The van der Waals surface area contributed by atoms with E-state index in [1.54, 1.807) is 0 Å². The van der Waals surface area contributed by atoms with Crippen molar-refractivity contribution in [3.63, 3.8) is 0 Å². The average Bonchev–Trinajstić information content (AvgIpc) is 2.20. The topological polar surface area (TPSA) is 34.2 Å². The zero-order chi connectivity index (χ0) is 11.6. The molecule has 1 N–H and O–H groups in total. The Labute approximate surface area is 97.2 Å². The molecular formula is C13H20N2O. The highest BCUT2D eigenvalue weighted by Gasteiger charge is 2.28. The molecule has 0 bridgehead atoms. The molecule has 0 spiro atoms. The molecule has 1 aliphatic rings. The summed E-state index contributed by atoms with van der Waals surface area (Å²) in [6, 6.07) is 4.52. The Hall–Kier alpha value is -1.09. The van der Waals surface area contributed by atoms with Crippen molar-refractivity contribution in [1.29, 1.82) is 0 Å². The van der Waals surface area contributed by atoms with Crippen LogP contribution in [-0.4, -0.2) is 23.2 Å². The van der Waals surface area contributed by atoms with Crippen molar-refractivity contribution in [1.82, 2.24) is 4.98 Å². The van der Waals surface area contributed by atoms with Gasteiger partial charge < -0.3 is 10.1 Å². The van der Waals surface area contributed by atoms with Crippen LogP contribution in [0.25, 0.3) is 0 Å². The average molecular weight is 220 g/mol. The second kappa shape index (κ2) is 4.42. The third-order valence-corrected chi connectivity index (χ3v) is 3.05. The molecule has 0 saturated carbocycles. The maximum Gasteiger partial charge on any atom is 0.129 e. The van der Waals surface area contributed by atoms with Gasteiger partial charge in [0, 0.05) is 18.8 Å². The number of anilines is 1. The Kier molecular flexibility index (Phi) is 3.15. The molecule has 0 aliphatic carbocycles. The predicted octanol–water partition coefficient (Wildman–Crippen LogP) is 2.76. The number of aromatic nitrogens is 1. The Balaban J connectivity index is 2.02. The molecule has 1 aromatic rings. The molecule has 1 aromatic heterocycles. The third kappa shape index (κ3) is 2.73. The first-order valence-electron chi connectivity index (χ1n) is 5.89. The summed E-state index contributed by atoms with van der Waals surface area (Å²) in [6.07, 6.45) is 3.92. The Morgan fingerprint density at radius 3 is 3.00 bits per heavy atom. The van der Waals surface area contributed by atoms with Crippen molar-refractivity contribution < 1.29 is 4.74 Å². The number of ether oxygens (including phenoxy) is 1. The monoisotopic (exact) mass is 220 g/mol. The Morgan fingerprint density at radius 1 is 1.50 bits per heavy atom. The minimum Gasteiger partial charge on any atom is -0.375 e. The van der Waals surface area contributed by atoms with Gasteiger partial charge in [0.25, 0.3) is 0 Å². The van der Waals surface area contributed by atoms with Gasteiger partial charge in [-0.25, -0.2) is 4.98 Å². The summed E-state index contributed by atoms with van der Waals surface area (Å²) in [5.41, 5.74) is 1.19. The third-order valence-electron chi connectivity index (χ3n) is 3.05. The molecule has 88 valence electrons. The van der Waals surface area contributed by atoms with Gasteiger partial charge >= 0.3 is 0 Å². The summed E-state index contributed by atoms with van der Waals surface area (Å²) in [5.74, 6) is 1.00. The van der Waals surface area contributed by atoms with E-state index in [0.29, 0.717) is 6.04 Å². The van der Waals surface area contributed by atoms with Crippen LogP contribution < -0.4 is 5.32 Å². The molecule has 0 aromatic carbocycles. The molecular weight excluding hydrogens is 200 g/mol. The quantitative estimate of drug-likeness (QED) is 0.832. The van der Waals surface area contributed by atoms with Crippen LogP contribution in [-0.2, 0) is 4.74 Å². The van der Waals surface area contributed by atoms with E-state index in [-0.39, 0.29) is 5.60 Å². The van der Waals surface area contributed by atoms with E-state index in [0.717, 1.165) is 25.3 Å². The van der Waals surface area contributed by atoms with Gasteiger partial charge in [0.05, 0.1) is 5.60 Å². The van der Waals surface area contributed by atoms with Gasteiger partial charge in [-0.3, -0.25) is 0 Å². The highest BCUT2D eigenvalue weighted by Crippen LogP contribution is 2.26. The van der Waals surface area contributed by atoms with Crippen LogP contribution in [0.1, 0.15) is 32.3 Å². The highest BCUT2D eigenvalue weighted by molar-refractivity contribution is 5.43. The van der Waals surface area contributed by atoms with Crippen LogP contribution >= 0.6 is 0 Å². The van der Waals surface area contributed by atoms with Crippen LogP contribution in [0.15, 0.2) is 18.3 Å². The fourth-order valence-electron chi connectivity index (χ4n) is 2.19. The van der Waals surface area contributed by atoms with E-state index in [1.807, 2.05) is 12.3 Å². The summed E-state index contributed by atoms with van der Waals surface area (Å²) in [7, 11) is 0.